The molecule has 0 atom stereocenters. The predicted molar refractivity (Wildman–Crippen MR) is 173 cm³/mol. The third-order valence-electron chi connectivity index (χ3n) is 5.50. The van der Waals surface area contributed by atoms with Crippen LogP contribution in [0.1, 0.15) is 90.3 Å². The normalized spacial score (nSPS) is 10.4. The molecule has 0 saturated carbocycles. The lowest BCUT2D eigenvalue weighted by Gasteiger charge is -2.13. The van der Waals surface area contributed by atoms with E-state index < -0.39 is 0 Å². The summed E-state index contributed by atoms with van der Waals surface area (Å²) in [5, 5.41) is 0. The summed E-state index contributed by atoms with van der Waals surface area (Å²) in [5.41, 5.74) is 18.1. The molecule has 0 amide bonds. The molecule has 0 saturated heterocycles. The molecule has 0 aliphatic rings. The Balaban J connectivity index is 0. The lowest BCUT2D eigenvalue weighted by molar-refractivity contribution is 0.310. The molecule has 2 rings (SSSR count). The molecule has 0 fully saturated rings. The van der Waals surface area contributed by atoms with Gasteiger partial charge in [0, 0.05) is 0 Å². The topological polar surface area (TPSA) is 61.3 Å². The second-order valence-electron chi connectivity index (χ2n) is 8.99. The van der Waals surface area contributed by atoms with Crippen molar-refractivity contribution in [2.75, 3.05) is 20.2 Å². The van der Waals surface area contributed by atoms with E-state index in [-0.39, 0.29) is 0 Å². The molecule has 0 heterocycles. The minimum atomic E-state index is 0.670. The van der Waals surface area contributed by atoms with E-state index in [1.807, 2.05) is 13.0 Å². The Morgan fingerprint density at radius 2 is 1.53 bits per heavy atom. The molecule has 3 nitrogen and oxygen atoms in total. The Hall–Kier alpha value is -2.62. The zero-order chi connectivity index (χ0) is 29.2. The third kappa shape index (κ3) is 16.3. The zero-order valence-corrected chi connectivity index (χ0v) is 25.9. The summed E-state index contributed by atoms with van der Waals surface area (Å²) < 4.78 is 5.86. The highest BCUT2D eigenvalue weighted by Gasteiger charge is 2.07. The molecule has 0 radical (unpaired) electrons. The molecule has 38 heavy (non-hydrogen) atoms. The fraction of sp³-hybridized carbons (Fsp3) is 0.486. The van der Waals surface area contributed by atoms with Crippen molar-refractivity contribution in [3.05, 3.63) is 89.5 Å². The fourth-order valence-corrected chi connectivity index (χ4v) is 3.71. The van der Waals surface area contributed by atoms with Crippen LogP contribution in [-0.2, 0) is 12.8 Å². The number of benzene rings is 2. The van der Waals surface area contributed by atoms with Crippen LogP contribution in [0.4, 0.5) is 0 Å². The number of ether oxygens (including phenoxy) is 1. The lowest BCUT2D eigenvalue weighted by Crippen LogP contribution is -2.07. The Kier molecular flexibility index (Phi) is 25.7. The van der Waals surface area contributed by atoms with Crippen molar-refractivity contribution in [1.82, 2.24) is 0 Å². The molecule has 2 aromatic carbocycles. The van der Waals surface area contributed by atoms with E-state index in [4.69, 9.17) is 10.5 Å². The highest BCUT2D eigenvalue weighted by Crippen LogP contribution is 2.29. The van der Waals surface area contributed by atoms with E-state index >= 15 is 0 Å². The van der Waals surface area contributed by atoms with Crippen molar-refractivity contribution in [3.63, 3.8) is 0 Å². The van der Waals surface area contributed by atoms with E-state index in [1.165, 1.54) is 59.7 Å². The van der Waals surface area contributed by atoms with Crippen molar-refractivity contribution < 1.29 is 4.74 Å². The van der Waals surface area contributed by atoms with Gasteiger partial charge in [0.05, 0.1) is 6.61 Å². The van der Waals surface area contributed by atoms with Crippen molar-refractivity contribution in [2.24, 2.45) is 11.5 Å². The predicted octanol–water partition coefficient (Wildman–Crippen LogP) is 9.37. The van der Waals surface area contributed by atoms with Gasteiger partial charge in [-0.3, -0.25) is 0 Å². The van der Waals surface area contributed by atoms with Crippen molar-refractivity contribution in [2.45, 2.75) is 93.4 Å². The van der Waals surface area contributed by atoms with Crippen LogP contribution in [-0.4, -0.2) is 20.2 Å². The zero-order valence-electron chi connectivity index (χ0n) is 25.9. The summed E-state index contributed by atoms with van der Waals surface area (Å²) in [6.07, 6.45) is 15.9. The van der Waals surface area contributed by atoms with Gasteiger partial charge in [0.2, 0.25) is 0 Å². The minimum Gasteiger partial charge on any atom is -0.493 e. The van der Waals surface area contributed by atoms with E-state index in [9.17, 15) is 0 Å². The SMILES string of the molecule is C=C/C=C(\C=C/C)CCC.CCC.CCCc1cc(-c2ccc(OCCCN)c(CC)c2)ccc1C.CN. The summed E-state index contributed by atoms with van der Waals surface area (Å²) in [4.78, 5) is 0. The van der Waals surface area contributed by atoms with Crippen LogP contribution in [0.15, 0.2) is 72.9 Å². The summed E-state index contributed by atoms with van der Waals surface area (Å²) in [6.45, 7) is 20.1. The molecule has 3 heteroatoms. The Morgan fingerprint density at radius 3 is 2.03 bits per heavy atom. The summed E-state index contributed by atoms with van der Waals surface area (Å²) in [6, 6.07) is 13.3. The molecular weight excluding hydrogens is 464 g/mol. The van der Waals surface area contributed by atoms with Gasteiger partial charge in [-0.05, 0) is 98.6 Å². The van der Waals surface area contributed by atoms with Gasteiger partial charge in [0.15, 0.2) is 0 Å². The van der Waals surface area contributed by atoms with Crippen LogP contribution in [0.3, 0.4) is 0 Å². The third-order valence-corrected chi connectivity index (χ3v) is 5.50. The highest BCUT2D eigenvalue weighted by molar-refractivity contribution is 5.67. The van der Waals surface area contributed by atoms with E-state index in [2.05, 4.69) is 108 Å². The smallest absolute Gasteiger partial charge is 0.122 e. The molecular formula is C35H58N2O. The summed E-state index contributed by atoms with van der Waals surface area (Å²) >= 11 is 0. The largest absolute Gasteiger partial charge is 0.493 e. The number of nitrogens with two attached hydrogens (primary N) is 2. The Labute approximate surface area is 236 Å². The molecule has 0 bridgehead atoms. The first kappa shape index (κ1) is 37.5. The number of hydrogen-bond donors (Lipinski definition) is 2. The van der Waals surface area contributed by atoms with Gasteiger partial charge in [0.25, 0.3) is 0 Å². The highest BCUT2D eigenvalue weighted by atomic mass is 16.5. The lowest BCUT2D eigenvalue weighted by atomic mass is 9.96. The van der Waals surface area contributed by atoms with Crippen LogP contribution >= 0.6 is 0 Å². The fourth-order valence-electron chi connectivity index (χ4n) is 3.71. The number of rotatable bonds is 12. The van der Waals surface area contributed by atoms with Gasteiger partial charge in [-0.15, -0.1) is 0 Å². The minimum absolute atomic E-state index is 0.670. The summed E-state index contributed by atoms with van der Waals surface area (Å²) in [5.74, 6) is 0.991. The second-order valence-corrected chi connectivity index (χ2v) is 8.99. The van der Waals surface area contributed by atoms with Crippen LogP contribution < -0.4 is 16.2 Å². The molecule has 214 valence electrons. The van der Waals surface area contributed by atoms with E-state index in [0.29, 0.717) is 13.2 Å². The maximum atomic E-state index is 5.86. The van der Waals surface area contributed by atoms with Gasteiger partial charge in [-0.1, -0.05) is 109 Å². The first-order valence-corrected chi connectivity index (χ1v) is 14.5. The molecule has 0 aliphatic heterocycles. The van der Waals surface area contributed by atoms with Gasteiger partial charge < -0.3 is 16.2 Å². The van der Waals surface area contributed by atoms with E-state index in [1.54, 1.807) is 0 Å². The van der Waals surface area contributed by atoms with Crippen molar-refractivity contribution in [3.8, 4) is 16.9 Å². The van der Waals surface area contributed by atoms with Crippen molar-refractivity contribution >= 4 is 0 Å². The van der Waals surface area contributed by atoms with Crippen LogP contribution in [0.2, 0.25) is 0 Å². The molecule has 4 N–H and O–H groups in total. The van der Waals surface area contributed by atoms with Crippen LogP contribution in [0.25, 0.3) is 11.1 Å². The maximum absolute atomic E-state index is 5.86. The molecule has 0 spiro atoms. The van der Waals surface area contributed by atoms with Crippen LogP contribution in [0, 0.1) is 6.92 Å². The first-order valence-electron chi connectivity index (χ1n) is 14.5. The number of aryl methyl sites for hydroxylation is 3. The second kappa shape index (κ2) is 26.0. The number of allylic oxidation sites excluding steroid dienone is 5. The average molecular weight is 523 g/mol. The standard InChI is InChI=1S/C21H29NO.C10H16.C3H8.CH5N/c1-4-7-18-15-19(9-8-16(18)3)20-10-11-21(17(5-2)14-20)23-13-6-12-22;1-4-7-10(8-5-2)9-6-3;1-3-2;1-2/h8-11,14-15H,4-7,12-13,22H2,1-3H3;4-5,7-8H,1,6,9H2,2-3H3;3H2,1-2H3;2H2,1H3/b;8-5-,10-7+;;. The average Bonchev–Trinajstić information content (AvgIpc) is 2.93. The van der Waals surface area contributed by atoms with E-state index in [0.717, 1.165) is 31.4 Å². The molecule has 2 aromatic rings. The monoisotopic (exact) mass is 522 g/mol. The quantitative estimate of drug-likeness (QED) is 0.215. The molecule has 0 aromatic heterocycles. The summed E-state index contributed by atoms with van der Waals surface area (Å²) in [7, 11) is 1.50. The molecule has 0 unspecified atom stereocenters. The number of hydrogen-bond acceptors (Lipinski definition) is 3. The Morgan fingerprint density at radius 1 is 0.921 bits per heavy atom. The van der Waals surface area contributed by atoms with Crippen LogP contribution in [0.5, 0.6) is 5.75 Å². The first-order chi connectivity index (χ1) is 18.4. The van der Waals surface area contributed by atoms with Crippen molar-refractivity contribution in [1.29, 1.82) is 0 Å². The Bertz CT molecular complexity index is 912. The van der Waals surface area contributed by atoms with Gasteiger partial charge >= 0.3 is 0 Å². The maximum Gasteiger partial charge on any atom is 0.122 e. The van der Waals surface area contributed by atoms with Gasteiger partial charge in [-0.25, -0.2) is 0 Å². The van der Waals surface area contributed by atoms with Gasteiger partial charge in [0.1, 0.15) is 5.75 Å². The molecule has 0 aliphatic carbocycles. The van der Waals surface area contributed by atoms with Gasteiger partial charge in [-0.2, -0.15) is 0 Å².